The van der Waals surface area contributed by atoms with Gasteiger partial charge in [-0.1, -0.05) is 25.7 Å². The van der Waals surface area contributed by atoms with Crippen LogP contribution in [-0.4, -0.2) is 40.5 Å². The van der Waals surface area contributed by atoms with Crippen molar-refractivity contribution in [1.82, 2.24) is 14.9 Å². The molecule has 2 aliphatic rings. The minimum atomic E-state index is -0.374. The van der Waals surface area contributed by atoms with Crippen LogP contribution in [0.5, 0.6) is 0 Å². The van der Waals surface area contributed by atoms with Crippen LogP contribution in [0.3, 0.4) is 0 Å². The molecular formula is C22H27FN4O2. The summed E-state index contributed by atoms with van der Waals surface area (Å²) in [5.41, 5.74) is 1.56. The van der Waals surface area contributed by atoms with Crippen LogP contribution >= 0.6 is 0 Å². The lowest BCUT2D eigenvalue weighted by molar-refractivity contribution is -0.139. The van der Waals surface area contributed by atoms with Gasteiger partial charge in [0.1, 0.15) is 17.7 Å². The highest BCUT2D eigenvalue weighted by molar-refractivity contribution is 5.76. The first-order chi connectivity index (χ1) is 14.2. The lowest BCUT2D eigenvalue weighted by Crippen LogP contribution is -2.42. The number of anilines is 2. The number of halogens is 1. The van der Waals surface area contributed by atoms with E-state index in [9.17, 15) is 9.18 Å². The van der Waals surface area contributed by atoms with Crippen LogP contribution in [0.25, 0.3) is 0 Å². The molecule has 2 fully saturated rings. The molecular weight excluding hydrogens is 371 g/mol. The molecule has 1 aliphatic carbocycles. The van der Waals surface area contributed by atoms with E-state index < -0.39 is 0 Å². The summed E-state index contributed by atoms with van der Waals surface area (Å²) in [7, 11) is 0. The number of hydrogen-bond acceptors (Lipinski definition) is 5. The number of hydrogen-bond donors (Lipinski definition) is 1. The van der Waals surface area contributed by atoms with Gasteiger partial charge in [-0.3, -0.25) is 9.78 Å². The van der Waals surface area contributed by atoms with E-state index in [-0.39, 0.29) is 17.8 Å². The number of carbonyl (C=O) groups excluding carboxylic acids is 1. The SMILES string of the molecule is O=C(CCC1CCCC1)N1CCO[C@H](c2ccc(Nc3ccc(F)cn3)cn2)C1. The first-order valence-corrected chi connectivity index (χ1v) is 10.4. The van der Waals surface area contributed by atoms with Crippen molar-refractivity contribution in [2.75, 3.05) is 25.0 Å². The summed E-state index contributed by atoms with van der Waals surface area (Å²) >= 11 is 0. The summed E-state index contributed by atoms with van der Waals surface area (Å²) < 4.78 is 18.8. The topological polar surface area (TPSA) is 67.3 Å². The first kappa shape index (κ1) is 19.8. The van der Waals surface area contributed by atoms with Gasteiger partial charge >= 0.3 is 0 Å². The number of ether oxygens (including phenoxy) is 1. The molecule has 1 aliphatic heterocycles. The third-order valence-electron chi connectivity index (χ3n) is 5.78. The van der Waals surface area contributed by atoms with Crippen LogP contribution in [0.15, 0.2) is 36.7 Å². The predicted molar refractivity (Wildman–Crippen MR) is 108 cm³/mol. The van der Waals surface area contributed by atoms with Crippen molar-refractivity contribution in [2.45, 2.75) is 44.6 Å². The quantitative estimate of drug-likeness (QED) is 0.789. The predicted octanol–water partition coefficient (Wildman–Crippen LogP) is 4.23. The number of nitrogens with zero attached hydrogens (tertiary/aromatic N) is 3. The van der Waals surface area contributed by atoms with Crippen molar-refractivity contribution in [3.63, 3.8) is 0 Å². The molecule has 1 saturated heterocycles. The zero-order chi connectivity index (χ0) is 20.1. The van der Waals surface area contributed by atoms with Crippen molar-refractivity contribution in [2.24, 2.45) is 5.92 Å². The highest BCUT2D eigenvalue weighted by Crippen LogP contribution is 2.29. The molecule has 6 nitrogen and oxygen atoms in total. The Bertz CT molecular complexity index is 807. The monoisotopic (exact) mass is 398 g/mol. The molecule has 1 amide bonds. The third-order valence-corrected chi connectivity index (χ3v) is 5.78. The van der Waals surface area contributed by atoms with Crippen LogP contribution in [0, 0.1) is 11.7 Å². The van der Waals surface area contributed by atoms with Gasteiger partial charge in [-0.2, -0.15) is 0 Å². The molecule has 3 heterocycles. The number of carbonyl (C=O) groups is 1. The van der Waals surface area contributed by atoms with Gasteiger partial charge in [-0.25, -0.2) is 9.37 Å². The molecule has 0 radical (unpaired) electrons. The highest BCUT2D eigenvalue weighted by Gasteiger charge is 2.27. The summed E-state index contributed by atoms with van der Waals surface area (Å²) in [6.07, 6.45) is 9.47. The van der Waals surface area contributed by atoms with Gasteiger partial charge in [0.15, 0.2) is 0 Å². The average molecular weight is 398 g/mol. The van der Waals surface area contributed by atoms with Gasteiger partial charge in [0.25, 0.3) is 0 Å². The molecule has 2 aromatic rings. The maximum atomic E-state index is 13.0. The molecule has 0 unspecified atom stereocenters. The van der Waals surface area contributed by atoms with Crippen LogP contribution in [0.1, 0.15) is 50.3 Å². The van der Waals surface area contributed by atoms with E-state index in [1.54, 1.807) is 12.3 Å². The number of nitrogens with one attached hydrogen (secondary N) is 1. The fourth-order valence-electron chi connectivity index (χ4n) is 4.11. The zero-order valence-corrected chi connectivity index (χ0v) is 16.5. The second-order valence-corrected chi connectivity index (χ2v) is 7.85. The zero-order valence-electron chi connectivity index (χ0n) is 16.5. The number of amides is 1. The van der Waals surface area contributed by atoms with Crippen LogP contribution in [0.2, 0.25) is 0 Å². The maximum absolute atomic E-state index is 13.0. The maximum Gasteiger partial charge on any atom is 0.222 e. The Morgan fingerprint density at radius 1 is 1.17 bits per heavy atom. The lowest BCUT2D eigenvalue weighted by Gasteiger charge is -2.33. The van der Waals surface area contributed by atoms with E-state index in [4.69, 9.17) is 4.74 Å². The summed E-state index contributed by atoms with van der Waals surface area (Å²) in [6, 6.07) is 6.70. The van der Waals surface area contributed by atoms with E-state index in [1.165, 1.54) is 31.7 Å². The van der Waals surface area contributed by atoms with Crippen molar-refractivity contribution in [3.8, 4) is 0 Å². The fourth-order valence-corrected chi connectivity index (χ4v) is 4.11. The van der Waals surface area contributed by atoms with Gasteiger partial charge in [0.2, 0.25) is 5.91 Å². The summed E-state index contributed by atoms with van der Waals surface area (Å²) in [4.78, 5) is 23.0. The van der Waals surface area contributed by atoms with Crippen molar-refractivity contribution >= 4 is 17.4 Å². The third kappa shape index (κ3) is 5.29. The summed E-state index contributed by atoms with van der Waals surface area (Å²) in [5, 5.41) is 3.09. The van der Waals surface area contributed by atoms with E-state index >= 15 is 0 Å². The molecule has 0 spiro atoms. The average Bonchev–Trinajstić information content (AvgIpc) is 3.28. The van der Waals surface area contributed by atoms with Crippen molar-refractivity contribution in [3.05, 3.63) is 48.2 Å². The van der Waals surface area contributed by atoms with Crippen LogP contribution in [-0.2, 0) is 9.53 Å². The smallest absolute Gasteiger partial charge is 0.222 e. The largest absolute Gasteiger partial charge is 0.368 e. The van der Waals surface area contributed by atoms with Gasteiger partial charge in [-0.15, -0.1) is 0 Å². The van der Waals surface area contributed by atoms with Crippen LogP contribution < -0.4 is 5.32 Å². The molecule has 1 atom stereocenters. The second-order valence-electron chi connectivity index (χ2n) is 7.85. The molecule has 1 N–H and O–H groups in total. The molecule has 0 bridgehead atoms. The minimum Gasteiger partial charge on any atom is -0.368 e. The number of pyridine rings is 2. The second kappa shape index (κ2) is 9.31. The van der Waals surface area contributed by atoms with E-state index in [0.29, 0.717) is 31.9 Å². The first-order valence-electron chi connectivity index (χ1n) is 10.4. The Morgan fingerprint density at radius 3 is 2.76 bits per heavy atom. The van der Waals surface area contributed by atoms with Crippen molar-refractivity contribution < 1.29 is 13.9 Å². The Kier molecular flexibility index (Phi) is 6.34. The fraction of sp³-hybridized carbons (Fsp3) is 0.500. The van der Waals surface area contributed by atoms with E-state index in [0.717, 1.165) is 29.9 Å². The standard InChI is InChI=1S/C22H27FN4O2/c23-17-6-9-21(25-13-17)26-18-7-8-19(24-14-18)20-15-27(11-12-29-20)22(28)10-5-16-3-1-2-4-16/h6-9,13-14,16,20H,1-5,10-12,15H2,(H,25,26)/t20-/m0/s1. The molecule has 2 aromatic heterocycles. The molecule has 154 valence electrons. The van der Waals surface area contributed by atoms with Gasteiger partial charge < -0.3 is 15.0 Å². The van der Waals surface area contributed by atoms with Crippen LogP contribution in [0.4, 0.5) is 15.9 Å². The molecule has 0 aromatic carbocycles. The number of rotatable bonds is 6. The summed E-state index contributed by atoms with van der Waals surface area (Å²) in [6.45, 7) is 1.72. The van der Waals surface area contributed by atoms with E-state index in [1.807, 2.05) is 17.0 Å². The molecule has 7 heteroatoms. The number of morpholine rings is 1. The summed E-state index contributed by atoms with van der Waals surface area (Å²) in [5.74, 6) is 1.13. The lowest BCUT2D eigenvalue weighted by atomic mass is 10.0. The van der Waals surface area contributed by atoms with E-state index in [2.05, 4.69) is 15.3 Å². The highest BCUT2D eigenvalue weighted by atomic mass is 19.1. The molecule has 1 saturated carbocycles. The Balaban J connectivity index is 1.31. The van der Waals surface area contributed by atoms with Crippen molar-refractivity contribution in [1.29, 1.82) is 0 Å². The Morgan fingerprint density at radius 2 is 2.03 bits per heavy atom. The van der Waals surface area contributed by atoms with Gasteiger partial charge in [0.05, 0.1) is 36.9 Å². The number of aromatic nitrogens is 2. The van der Waals surface area contributed by atoms with Gasteiger partial charge in [-0.05, 0) is 36.6 Å². The molecule has 29 heavy (non-hydrogen) atoms. The molecule has 4 rings (SSSR count). The Hall–Kier alpha value is -2.54. The Labute approximate surface area is 170 Å². The van der Waals surface area contributed by atoms with Gasteiger partial charge in [0, 0.05) is 13.0 Å². The minimum absolute atomic E-state index is 0.211. The normalized spacial score (nSPS) is 20.0.